The number of carbonyl (C=O) groups excluding carboxylic acids is 1. The summed E-state index contributed by atoms with van der Waals surface area (Å²) in [5, 5.41) is 15.2. The van der Waals surface area contributed by atoms with Crippen molar-refractivity contribution in [1.82, 2.24) is 9.97 Å². The van der Waals surface area contributed by atoms with Crippen LogP contribution in [0, 0.1) is 12.7 Å². The van der Waals surface area contributed by atoms with Crippen molar-refractivity contribution in [2.75, 3.05) is 10.6 Å². The van der Waals surface area contributed by atoms with Crippen LogP contribution < -0.4 is 15.4 Å². The molecule has 0 spiro atoms. The summed E-state index contributed by atoms with van der Waals surface area (Å²) in [6.45, 7) is 1.80. The first-order valence-electron chi connectivity index (χ1n) is 10.4. The molecule has 0 aliphatic carbocycles. The van der Waals surface area contributed by atoms with E-state index in [2.05, 4.69) is 25.3 Å². The van der Waals surface area contributed by atoms with E-state index >= 15 is 0 Å². The summed E-state index contributed by atoms with van der Waals surface area (Å²) in [5.74, 6) is -1.52. The lowest BCUT2D eigenvalue weighted by Gasteiger charge is -2.11. The van der Waals surface area contributed by atoms with Crippen LogP contribution in [0.15, 0.2) is 72.9 Å². The van der Waals surface area contributed by atoms with Gasteiger partial charge < -0.3 is 20.5 Å². The van der Waals surface area contributed by atoms with E-state index in [1.807, 2.05) is 0 Å². The van der Waals surface area contributed by atoms with Gasteiger partial charge in [-0.2, -0.15) is 0 Å². The molecule has 0 aliphatic heterocycles. The average Bonchev–Trinajstić information content (AvgIpc) is 2.83. The number of nitrogens with one attached hydrogen (secondary N) is 2. The molecule has 0 aliphatic rings. The summed E-state index contributed by atoms with van der Waals surface area (Å²) in [6.07, 6.45) is -3.90. The zero-order chi connectivity index (χ0) is 25.9. The van der Waals surface area contributed by atoms with Crippen molar-refractivity contribution in [2.45, 2.75) is 13.3 Å². The Morgan fingerprint density at radius 3 is 2.36 bits per heavy atom. The lowest BCUT2D eigenvalue weighted by Crippen LogP contribution is -2.16. The maximum absolute atomic E-state index is 14.3. The van der Waals surface area contributed by atoms with E-state index in [-0.39, 0.29) is 28.9 Å². The van der Waals surface area contributed by atoms with Crippen LogP contribution in [-0.2, 0) is 0 Å². The topological polar surface area (TPSA) is 96.4 Å². The van der Waals surface area contributed by atoms with Crippen molar-refractivity contribution in [3.8, 4) is 22.8 Å². The number of aromatic hydroxyl groups is 1. The number of amides is 1. The molecule has 0 radical (unpaired) electrons. The Balaban J connectivity index is 1.47. The van der Waals surface area contributed by atoms with Gasteiger partial charge in [-0.1, -0.05) is 6.07 Å². The molecule has 184 valence electrons. The fourth-order valence-electron chi connectivity index (χ4n) is 3.22. The van der Waals surface area contributed by atoms with Crippen LogP contribution in [-0.4, -0.2) is 27.3 Å². The van der Waals surface area contributed by atoms with E-state index in [9.17, 15) is 27.5 Å². The van der Waals surface area contributed by atoms with Crippen LogP contribution >= 0.6 is 0 Å². The molecular weight excluding hydrogens is 480 g/mol. The molecule has 4 aromatic rings. The van der Waals surface area contributed by atoms with Gasteiger partial charge >= 0.3 is 6.36 Å². The maximum atomic E-state index is 14.3. The number of ether oxygens (including phenoxy) is 1. The maximum Gasteiger partial charge on any atom is 0.573 e. The zero-order valence-electron chi connectivity index (χ0n) is 18.6. The van der Waals surface area contributed by atoms with Crippen molar-refractivity contribution >= 4 is 23.2 Å². The highest BCUT2D eigenvalue weighted by molar-refractivity contribution is 6.04. The van der Waals surface area contributed by atoms with Crippen molar-refractivity contribution < 1.29 is 32.2 Å². The van der Waals surface area contributed by atoms with Crippen LogP contribution in [0.4, 0.5) is 34.9 Å². The van der Waals surface area contributed by atoms with Crippen molar-refractivity contribution in [3.05, 3.63) is 89.9 Å². The van der Waals surface area contributed by atoms with E-state index in [0.717, 1.165) is 23.9 Å². The standard InChI is InChI=1S/C25H18F4N4O3/c1-14-2-9-18(34)12-21(14)32-23(35)16-3-7-17(8-4-16)31-24-30-13-20(26)22(33-24)15-5-10-19(11-6-15)36-25(27,28)29/h2-13,34H,1H3,(H,32,35)(H,30,31,33). The number of hydrogen-bond donors (Lipinski definition) is 3. The number of aromatic nitrogens is 2. The van der Waals surface area contributed by atoms with Gasteiger partial charge in [0.1, 0.15) is 17.2 Å². The molecule has 0 unspecified atom stereocenters. The number of anilines is 3. The smallest absolute Gasteiger partial charge is 0.508 e. The van der Waals surface area contributed by atoms with Crippen molar-refractivity contribution in [3.63, 3.8) is 0 Å². The minimum Gasteiger partial charge on any atom is -0.508 e. The number of nitrogens with zero attached hydrogens (tertiary/aromatic N) is 2. The molecule has 1 amide bonds. The first kappa shape index (κ1) is 24.5. The number of carbonyl (C=O) groups is 1. The minimum atomic E-state index is -4.83. The number of benzene rings is 3. The molecule has 0 saturated carbocycles. The molecule has 1 heterocycles. The van der Waals surface area contributed by atoms with Gasteiger partial charge in [-0.15, -0.1) is 13.2 Å². The van der Waals surface area contributed by atoms with Gasteiger partial charge in [-0.05, 0) is 67.1 Å². The van der Waals surface area contributed by atoms with Crippen molar-refractivity contribution in [2.24, 2.45) is 0 Å². The first-order valence-corrected chi connectivity index (χ1v) is 10.4. The molecule has 0 atom stereocenters. The quantitative estimate of drug-likeness (QED) is 0.274. The van der Waals surface area contributed by atoms with E-state index in [1.165, 1.54) is 24.3 Å². The number of halogens is 4. The summed E-state index contributed by atoms with van der Waals surface area (Å²) in [4.78, 5) is 20.5. The largest absolute Gasteiger partial charge is 0.573 e. The number of alkyl halides is 3. The lowest BCUT2D eigenvalue weighted by molar-refractivity contribution is -0.274. The number of phenolic OH excluding ortho intramolecular Hbond substituents is 1. The summed E-state index contributed by atoms with van der Waals surface area (Å²) >= 11 is 0. The highest BCUT2D eigenvalue weighted by Gasteiger charge is 2.31. The van der Waals surface area contributed by atoms with E-state index < -0.39 is 17.9 Å². The Morgan fingerprint density at radius 1 is 1.00 bits per heavy atom. The van der Waals surface area contributed by atoms with Crippen LogP contribution in [0.25, 0.3) is 11.3 Å². The van der Waals surface area contributed by atoms with Crippen LogP contribution in [0.3, 0.4) is 0 Å². The third-order valence-electron chi connectivity index (χ3n) is 4.98. The average molecular weight is 498 g/mol. The number of hydrogen-bond acceptors (Lipinski definition) is 6. The van der Waals surface area contributed by atoms with Crippen LogP contribution in [0.2, 0.25) is 0 Å². The van der Waals surface area contributed by atoms with Gasteiger partial charge in [0.15, 0.2) is 5.82 Å². The van der Waals surface area contributed by atoms with Gasteiger partial charge in [0.25, 0.3) is 5.91 Å². The summed E-state index contributed by atoms with van der Waals surface area (Å²) in [6, 6.07) is 15.6. The fourth-order valence-corrected chi connectivity index (χ4v) is 3.22. The SMILES string of the molecule is Cc1ccc(O)cc1NC(=O)c1ccc(Nc2ncc(F)c(-c3ccc(OC(F)(F)F)cc3)n2)cc1. The normalized spacial score (nSPS) is 11.1. The van der Waals surface area contributed by atoms with Crippen LogP contribution in [0.1, 0.15) is 15.9 Å². The molecule has 0 bridgehead atoms. The molecule has 0 saturated heterocycles. The second kappa shape index (κ2) is 9.90. The van der Waals surface area contributed by atoms with Gasteiger partial charge in [-0.3, -0.25) is 4.79 Å². The third kappa shape index (κ3) is 6.06. The van der Waals surface area contributed by atoms with E-state index in [4.69, 9.17) is 0 Å². The fraction of sp³-hybridized carbons (Fsp3) is 0.0800. The molecule has 4 rings (SSSR count). The van der Waals surface area contributed by atoms with E-state index in [0.29, 0.717) is 16.9 Å². The molecule has 11 heteroatoms. The Bertz CT molecular complexity index is 1390. The molecule has 1 aromatic heterocycles. The Hall–Kier alpha value is -4.67. The predicted molar refractivity (Wildman–Crippen MR) is 125 cm³/mol. The number of aryl methyl sites for hydroxylation is 1. The molecule has 0 fully saturated rings. The minimum absolute atomic E-state index is 0.0275. The summed E-state index contributed by atoms with van der Waals surface area (Å²) in [7, 11) is 0. The number of rotatable bonds is 6. The van der Waals surface area contributed by atoms with Gasteiger partial charge in [0.05, 0.1) is 6.20 Å². The Morgan fingerprint density at radius 2 is 1.69 bits per heavy atom. The lowest BCUT2D eigenvalue weighted by atomic mass is 10.1. The Labute approximate surface area is 202 Å². The molecular formula is C25H18F4N4O3. The van der Waals surface area contributed by atoms with Gasteiger partial charge in [0.2, 0.25) is 5.95 Å². The third-order valence-corrected chi connectivity index (χ3v) is 4.98. The highest BCUT2D eigenvalue weighted by atomic mass is 19.4. The molecule has 36 heavy (non-hydrogen) atoms. The highest BCUT2D eigenvalue weighted by Crippen LogP contribution is 2.28. The second-order valence-electron chi connectivity index (χ2n) is 7.62. The van der Waals surface area contributed by atoms with Crippen LogP contribution in [0.5, 0.6) is 11.5 Å². The number of phenols is 1. The Kier molecular flexibility index (Phi) is 6.73. The second-order valence-corrected chi connectivity index (χ2v) is 7.62. The monoisotopic (exact) mass is 498 g/mol. The van der Waals surface area contributed by atoms with Crippen molar-refractivity contribution in [1.29, 1.82) is 0 Å². The summed E-state index contributed by atoms with van der Waals surface area (Å²) in [5.41, 5.74) is 2.22. The molecule has 3 aromatic carbocycles. The molecule has 3 N–H and O–H groups in total. The zero-order valence-corrected chi connectivity index (χ0v) is 18.6. The predicted octanol–water partition coefficient (Wildman–Crippen LogP) is 6.19. The van der Waals surface area contributed by atoms with Gasteiger partial charge in [-0.25, -0.2) is 14.4 Å². The first-order chi connectivity index (χ1) is 17.1. The van der Waals surface area contributed by atoms with E-state index in [1.54, 1.807) is 37.3 Å². The summed E-state index contributed by atoms with van der Waals surface area (Å²) < 4.78 is 55.2. The van der Waals surface area contributed by atoms with Gasteiger partial charge in [0, 0.05) is 28.6 Å². The molecule has 7 nitrogen and oxygen atoms in total.